The fourth-order valence-corrected chi connectivity index (χ4v) is 4.14. The van der Waals surface area contributed by atoms with Crippen LogP contribution in [-0.4, -0.2) is 50.2 Å². The van der Waals surface area contributed by atoms with Crippen molar-refractivity contribution >= 4 is 10.0 Å². The van der Waals surface area contributed by atoms with E-state index in [2.05, 4.69) is 0 Å². The van der Waals surface area contributed by atoms with E-state index in [1.54, 1.807) is 19.1 Å². The Morgan fingerprint density at radius 3 is 2.90 bits per heavy atom. The maximum Gasteiger partial charge on any atom is 0.243 e. The molecule has 20 heavy (non-hydrogen) atoms. The number of aliphatic hydroxyl groups excluding tert-OH is 1. The van der Waals surface area contributed by atoms with Crippen LogP contribution in [0.2, 0.25) is 0 Å². The van der Waals surface area contributed by atoms with Crippen LogP contribution in [-0.2, 0) is 21.3 Å². The Bertz CT molecular complexity index is 574. The number of hydrogen-bond donors (Lipinski definition) is 2. The third kappa shape index (κ3) is 2.87. The lowest BCUT2D eigenvalue weighted by molar-refractivity contribution is 0.0109. The van der Waals surface area contributed by atoms with E-state index >= 15 is 0 Å². The highest BCUT2D eigenvalue weighted by Crippen LogP contribution is 2.24. The van der Waals surface area contributed by atoms with Gasteiger partial charge in [0.05, 0.1) is 30.8 Å². The lowest BCUT2D eigenvalue weighted by Gasteiger charge is -2.33. The molecule has 1 unspecified atom stereocenters. The molecular weight excluding hydrogens is 280 g/mol. The van der Waals surface area contributed by atoms with Gasteiger partial charge in [0.2, 0.25) is 10.0 Å². The van der Waals surface area contributed by atoms with E-state index in [1.165, 1.54) is 4.31 Å². The van der Waals surface area contributed by atoms with Crippen molar-refractivity contribution in [3.8, 4) is 0 Å². The lowest BCUT2D eigenvalue weighted by atomic mass is 10.1. The zero-order chi connectivity index (χ0) is 14.8. The molecule has 0 aromatic heterocycles. The minimum atomic E-state index is -3.65. The number of sulfonamides is 1. The Kier molecular flexibility index (Phi) is 4.77. The van der Waals surface area contributed by atoms with Crippen LogP contribution < -0.4 is 5.73 Å². The highest BCUT2D eigenvalue weighted by atomic mass is 32.2. The smallest absolute Gasteiger partial charge is 0.243 e. The molecule has 0 amide bonds. The van der Waals surface area contributed by atoms with Crippen molar-refractivity contribution in [3.63, 3.8) is 0 Å². The molecule has 1 fully saturated rings. The van der Waals surface area contributed by atoms with E-state index in [0.29, 0.717) is 12.2 Å². The number of aliphatic hydroxyl groups is 1. The molecule has 1 heterocycles. The summed E-state index contributed by atoms with van der Waals surface area (Å²) in [6, 6.07) is 4.64. The van der Waals surface area contributed by atoms with Gasteiger partial charge >= 0.3 is 0 Å². The standard InChI is InChI=1S/C13H20N2O4S/c1-10-2-3-11(7-14)6-13(10)20(17,18)15-4-5-19-9-12(15)8-16/h2-3,6,12,16H,4-5,7-9,14H2,1H3. The normalized spacial score (nSPS) is 21.1. The number of ether oxygens (including phenoxy) is 1. The molecular formula is C13H20N2O4S. The minimum absolute atomic E-state index is 0.214. The molecule has 6 nitrogen and oxygen atoms in total. The first kappa shape index (κ1) is 15.4. The third-order valence-electron chi connectivity index (χ3n) is 3.46. The number of hydrogen-bond acceptors (Lipinski definition) is 5. The van der Waals surface area contributed by atoms with Gasteiger partial charge in [-0.2, -0.15) is 4.31 Å². The van der Waals surface area contributed by atoms with Gasteiger partial charge < -0.3 is 15.6 Å². The molecule has 1 atom stereocenters. The molecule has 2 rings (SSSR count). The van der Waals surface area contributed by atoms with E-state index in [1.807, 2.05) is 6.07 Å². The number of benzene rings is 1. The summed E-state index contributed by atoms with van der Waals surface area (Å²) in [5.41, 5.74) is 7.01. The fourth-order valence-electron chi connectivity index (χ4n) is 2.28. The van der Waals surface area contributed by atoms with Crippen molar-refractivity contribution in [2.24, 2.45) is 5.73 Å². The van der Waals surface area contributed by atoms with Crippen molar-refractivity contribution in [1.29, 1.82) is 0 Å². The molecule has 3 N–H and O–H groups in total. The lowest BCUT2D eigenvalue weighted by Crippen LogP contribution is -2.50. The number of nitrogens with zero attached hydrogens (tertiary/aromatic N) is 1. The summed E-state index contributed by atoms with van der Waals surface area (Å²) < 4.78 is 32.1. The SMILES string of the molecule is Cc1ccc(CN)cc1S(=O)(=O)N1CCOCC1CO. The van der Waals surface area contributed by atoms with Gasteiger partial charge in [-0.25, -0.2) is 8.42 Å². The van der Waals surface area contributed by atoms with E-state index in [0.717, 1.165) is 5.56 Å². The van der Waals surface area contributed by atoms with Crippen molar-refractivity contribution in [2.75, 3.05) is 26.4 Å². The molecule has 1 saturated heterocycles. The maximum atomic E-state index is 12.8. The topological polar surface area (TPSA) is 92.9 Å². The number of rotatable bonds is 4. The summed E-state index contributed by atoms with van der Waals surface area (Å²) in [5, 5.41) is 9.34. The van der Waals surface area contributed by atoms with E-state index < -0.39 is 16.1 Å². The van der Waals surface area contributed by atoms with Crippen LogP contribution in [0.15, 0.2) is 23.1 Å². The molecule has 0 spiro atoms. The highest BCUT2D eigenvalue weighted by Gasteiger charge is 2.34. The first-order valence-corrected chi connectivity index (χ1v) is 7.94. The molecule has 0 bridgehead atoms. The summed E-state index contributed by atoms with van der Waals surface area (Å²) in [5.74, 6) is 0. The maximum absolute atomic E-state index is 12.8. The summed E-state index contributed by atoms with van der Waals surface area (Å²) in [4.78, 5) is 0.251. The van der Waals surface area contributed by atoms with Crippen LogP contribution in [0.5, 0.6) is 0 Å². The largest absolute Gasteiger partial charge is 0.395 e. The second-order valence-electron chi connectivity index (χ2n) is 4.83. The zero-order valence-corrected chi connectivity index (χ0v) is 12.3. The average Bonchev–Trinajstić information content (AvgIpc) is 2.47. The molecule has 1 aromatic rings. The Labute approximate surface area is 119 Å². The summed E-state index contributed by atoms with van der Waals surface area (Å²) in [6.07, 6.45) is 0. The summed E-state index contributed by atoms with van der Waals surface area (Å²) >= 11 is 0. The van der Waals surface area contributed by atoms with Crippen molar-refractivity contribution < 1.29 is 18.3 Å². The van der Waals surface area contributed by atoms with Crippen LogP contribution in [0, 0.1) is 6.92 Å². The first-order valence-electron chi connectivity index (χ1n) is 6.50. The quantitative estimate of drug-likeness (QED) is 0.806. The van der Waals surface area contributed by atoms with Crippen LogP contribution in [0.3, 0.4) is 0 Å². The number of aryl methyl sites for hydroxylation is 1. The monoisotopic (exact) mass is 300 g/mol. The Morgan fingerprint density at radius 1 is 1.50 bits per heavy atom. The Balaban J connectivity index is 2.43. The van der Waals surface area contributed by atoms with Gasteiger partial charge in [0.25, 0.3) is 0 Å². The minimum Gasteiger partial charge on any atom is -0.395 e. The Hall–Kier alpha value is -0.990. The van der Waals surface area contributed by atoms with Gasteiger partial charge in [-0.1, -0.05) is 12.1 Å². The zero-order valence-electron chi connectivity index (χ0n) is 11.4. The van der Waals surface area contributed by atoms with Crippen LogP contribution in [0.4, 0.5) is 0 Å². The Morgan fingerprint density at radius 2 is 2.25 bits per heavy atom. The average molecular weight is 300 g/mol. The van der Waals surface area contributed by atoms with Gasteiger partial charge in [-0.3, -0.25) is 0 Å². The molecule has 0 saturated carbocycles. The fraction of sp³-hybridized carbons (Fsp3) is 0.538. The number of nitrogens with two attached hydrogens (primary N) is 1. The van der Waals surface area contributed by atoms with Crippen molar-refractivity contribution in [1.82, 2.24) is 4.31 Å². The van der Waals surface area contributed by atoms with Crippen molar-refractivity contribution in [2.45, 2.75) is 24.4 Å². The predicted octanol–water partition coefficient (Wildman–Crippen LogP) is -0.164. The molecule has 1 aliphatic rings. The van der Waals surface area contributed by atoms with E-state index in [-0.39, 0.29) is 31.2 Å². The third-order valence-corrected chi connectivity index (χ3v) is 5.55. The van der Waals surface area contributed by atoms with Crippen LogP contribution in [0.1, 0.15) is 11.1 Å². The molecule has 0 aliphatic carbocycles. The van der Waals surface area contributed by atoms with Gasteiger partial charge in [0.15, 0.2) is 0 Å². The van der Waals surface area contributed by atoms with Gasteiger partial charge in [0.1, 0.15) is 0 Å². The van der Waals surface area contributed by atoms with Gasteiger partial charge in [-0.15, -0.1) is 0 Å². The predicted molar refractivity (Wildman–Crippen MR) is 74.7 cm³/mol. The highest BCUT2D eigenvalue weighted by molar-refractivity contribution is 7.89. The van der Waals surface area contributed by atoms with Crippen LogP contribution >= 0.6 is 0 Å². The molecule has 0 radical (unpaired) electrons. The first-order chi connectivity index (χ1) is 9.50. The van der Waals surface area contributed by atoms with E-state index in [9.17, 15) is 13.5 Å². The van der Waals surface area contributed by atoms with Gasteiger partial charge in [-0.05, 0) is 24.1 Å². The van der Waals surface area contributed by atoms with Crippen LogP contribution in [0.25, 0.3) is 0 Å². The second-order valence-corrected chi connectivity index (χ2v) is 6.69. The summed E-state index contributed by atoms with van der Waals surface area (Å²) in [6.45, 7) is 2.59. The molecule has 1 aliphatic heterocycles. The van der Waals surface area contributed by atoms with Gasteiger partial charge in [0, 0.05) is 13.1 Å². The number of morpholine rings is 1. The van der Waals surface area contributed by atoms with E-state index in [4.69, 9.17) is 10.5 Å². The molecule has 112 valence electrons. The molecule has 1 aromatic carbocycles. The second kappa shape index (κ2) is 6.19. The summed E-state index contributed by atoms with van der Waals surface area (Å²) in [7, 11) is -3.65. The van der Waals surface area contributed by atoms with Crippen molar-refractivity contribution in [3.05, 3.63) is 29.3 Å². The molecule has 7 heteroatoms.